The van der Waals surface area contributed by atoms with Crippen molar-refractivity contribution in [3.8, 4) is 28.1 Å². The van der Waals surface area contributed by atoms with Crippen LogP contribution in [0.4, 0.5) is 0 Å². The first-order chi connectivity index (χ1) is 16.9. The molecular weight excluding hydrogens is 448 g/mol. The lowest BCUT2D eigenvalue weighted by Gasteiger charge is -2.31. The molecule has 1 aliphatic heterocycles. The van der Waals surface area contributed by atoms with E-state index in [0.717, 1.165) is 34.4 Å². The number of fused-ring (bicyclic) bond motifs is 3. The summed E-state index contributed by atoms with van der Waals surface area (Å²) in [5.41, 5.74) is 3.50. The average Bonchev–Trinajstić information content (AvgIpc) is 2.85. The lowest BCUT2D eigenvalue weighted by molar-refractivity contribution is 0.0636. The van der Waals surface area contributed by atoms with Crippen LogP contribution in [0.3, 0.4) is 0 Å². The highest BCUT2D eigenvalue weighted by Gasteiger charge is 2.28. The van der Waals surface area contributed by atoms with E-state index >= 15 is 0 Å². The van der Waals surface area contributed by atoms with Crippen LogP contribution >= 0.6 is 0 Å². The van der Waals surface area contributed by atoms with E-state index in [0.29, 0.717) is 32.1 Å². The third kappa shape index (κ3) is 5.44. The summed E-state index contributed by atoms with van der Waals surface area (Å²) in [4.78, 5) is 28.5. The normalized spacial score (nSPS) is 14.5. The summed E-state index contributed by atoms with van der Waals surface area (Å²) in [6, 6.07) is 9.26. The number of carboxylic acids is 1. The third-order valence-corrected chi connectivity index (χ3v) is 6.00. The lowest BCUT2D eigenvalue weighted by Crippen LogP contribution is -2.27. The average molecular weight is 479 g/mol. The first-order valence-electron chi connectivity index (χ1n) is 11.7. The molecule has 0 saturated carbocycles. The molecule has 1 aliphatic rings. The van der Waals surface area contributed by atoms with Crippen LogP contribution in [-0.2, 0) is 16.0 Å². The molecule has 0 spiro atoms. The molecule has 8 heteroatoms. The Labute approximate surface area is 204 Å². The Balaban J connectivity index is 1.88. The molecule has 0 unspecified atom stereocenters. The molecule has 8 nitrogen and oxygen atoms in total. The Kier molecular flexibility index (Phi) is 7.63. The fourth-order valence-corrected chi connectivity index (χ4v) is 4.31. The first kappa shape index (κ1) is 24.6. The van der Waals surface area contributed by atoms with Gasteiger partial charge in [0.15, 0.2) is 5.43 Å². The Hall–Kier alpha value is -3.49. The predicted octanol–water partition coefficient (Wildman–Crippen LogP) is 4.21. The monoisotopic (exact) mass is 478 g/mol. The molecule has 1 atom stereocenters. The van der Waals surface area contributed by atoms with Crippen molar-refractivity contribution in [3.63, 3.8) is 0 Å². The van der Waals surface area contributed by atoms with Gasteiger partial charge in [-0.05, 0) is 37.6 Å². The molecule has 0 aliphatic carbocycles. The number of benzene rings is 1. The summed E-state index contributed by atoms with van der Waals surface area (Å²) in [7, 11) is 1.66. The zero-order valence-corrected chi connectivity index (χ0v) is 20.2. The molecular formula is C27H30N2O6. The Morgan fingerprint density at radius 3 is 2.74 bits per heavy atom. The van der Waals surface area contributed by atoms with Crippen molar-refractivity contribution in [1.82, 2.24) is 9.55 Å². The summed E-state index contributed by atoms with van der Waals surface area (Å²) in [6.07, 6.45) is 5.71. The summed E-state index contributed by atoms with van der Waals surface area (Å²) < 4.78 is 19.2. The SMILES string of the molecule is COCCCOc1cc2c(cc1-c1cccnc1)-c1cc(=O)c(C(=O)O)cn1C[C@@H]2COC(C)C. The number of methoxy groups -OCH3 is 1. The molecule has 1 N–H and O–H groups in total. The van der Waals surface area contributed by atoms with Gasteiger partial charge in [0.2, 0.25) is 0 Å². The number of hydrogen-bond donors (Lipinski definition) is 1. The van der Waals surface area contributed by atoms with Gasteiger partial charge in [0.05, 0.1) is 25.0 Å². The van der Waals surface area contributed by atoms with Crippen LogP contribution in [0.2, 0.25) is 0 Å². The number of aromatic nitrogens is 2. The summed E-state index contributed by atoms with van der Waals surface area (Å²) in [5, 5.41) is 9.48. The molecule has 184 valence electrons. The van der Waals surface area contributed by atoms with Crippen molar-refractivity contribution in [2.45, 2.75) is 38.8 Å². The highest BCUT2D eigenvalue weighted by molar-refractivity contribution is 5.88. The number of ether oxygens (including phenoxy) is 3. The van der Waals surface area contributed by atoms with Crippen molar-refractivity contribution in [1.29, 1.82) is 0 Å². The molecule has 3 heterocycles. The molecule has 0 saturated heterocycles. The van der Waals surface area contributed by atoms with Crippen molar-refractivity contribution < 1.29 is 24.1 Å². The second kappa shape index (κ2) is 10.8. The molecule has 0 amide bonds. The van der Waals surface area contributed by atoms with Crippen molar-refractivity contribution in [2.75, 3.05) is 26.9 Å². The van der Waals surface area contributed by atoms with E-state index in [2.05, 4.69) is 4.98 Å². The van der Waals surface area contributed by atoms with E-state index in [1.807, 2.05) is 42.7 Å². The van der Waals surface area contributed by atoms with Gasteiger partial charge in [-0.2, -0.15) is 0 Å². The van der Waals surface area contributed by atoms with Gasteiger partial charge in [0.1, 0.15) is 11.3 Å². The number of rotatable bonds is 10. The Bertz CT molecular complexity index is 1250. The van der Waals surface area contributed by atoms with Crippen LogP contribution in [-0.4, -0.2) is 53.7 Å². The minimum atomic E-state index is -1.23. The zero-order chi connectivity index (χ0) is 24.9. The maximum atomic E-state index is 12.6. The van der Waals surface area contributed by atoms with E-state index in [1.165, 1.54) is 12.3 Å². The quantitative estimate of drug-likeness (QED) is 0.436. The fraction of sp³-hybridized carbons (Fsp3) is 0.370. The third-order valence-electron chi connectivity index (χ3n) is 6.00. The van der Waals surface area contributed by atoms with Crippen LogP contribution in [0.25, 0.3) is 22.4 Å². The number of pyridine rings is 2. The van der Waals surface area contributed by atoms with Crippen molar-refractivity contribution >= 4 is 5.97 Å². The zero-order valence-electron chi connectivity index (χ0n) is 20.2. The molecule has 3 aromatic rings. The van der Waals surface area contributed by atoms with Gasteiger partial charge in [-0.25, -0.2) is 4.79 Å². The van der Waals surface area contributed by atoms with E-state index < -0.39 is 11.4 Å². The standard InChI is InChI=1S/C27H30N2O6/c1-17(2)35-16-19-14-29-15-23(27(31)32)25(30)12-24(29)22-10-21(18-6-4-7-28-13-18)26(11-20(19)22)34-9-5-8-33-3/h4,6-7,10-13,15,17,19H,5,8-9,14,16H2,1-3H3,(H,31,32)/t19-/m1/s1. The molecule has 35 heavy (non-hydrogen) atoms. The largest absolute Gasteiger partial charge is 0.493 e. The summed E-state index contributed by atoms with van der Waals surface area (Å²) in [6.45, 7) is 5.99. The molecule has 0 bridgehead atoms. The highest BCUT2D eigenvalue weighted by atomic mass is 16.5. The number of carbonyl (C=O) groups is 1. The fourth-order valence-electron chi connectivity index (χ4n) is 4.31. The number of carboxylic acid groups (broad SMARTS) is 1. The molecule has 0 radical (unpaired) electrons. The molecule has 0 fully saturated rings. The van der Waals surface area contributed by atoms with Crippen molar-refractivity contribution in [3.05, 3.63) is 70.3 Å². The van der Waals surface area contributed by atoms with Crippen molar-refractivity contribution in [2.24, 2.45) is 0 Å². The van der Waals surface area contributed by atoms with Gasteiger partial charge < -0.3 is 23.9 Å². The molecule has 1 aromatic carbocycles. The smallest absolute Gasteiger partial charge is 0.341 e. The minimum Gasteiger partial charge on any atom is -0.493 e. The number of hydrogen-bond acceptors (Lipinski definition) is 6. The highest BCUT2D eigenvalue weighted by Crippen LogP contribution is 2.43. The van der Waals surface area contributed by atoms with Crippen LogP contribution in [0.5, 0.6) is 5.75 Å². The van der Waals surface area contributed by atoms with E-state index in [9.17, 15) is 14.7 Å². The first-order valence-corrected chi connectivity index (χ1v) is 11.7. The maximum Gasteiger partial charge on any atom is 0.341 e. The summed E-state index contributed by atoms with van der Waals surface area (Å²) >= 11 is 0. The second-order valence-corrected chi connectivity index (χ2v) is 8.85. The topological polar surface area (TPSA) is 99.9 Å². The second-order valence-electron chi connectivity index (χ2n) is 8.85. The predicted molar refractivity (Wildman–Crippen MR) is 132 cm³/mol. The van der Waals surface area contributed by atoms with Gasteiger partial charge in [-0.3, -0.25) is 9.78 Å². The minimum absolute atomic E-state index is 0.0443. The lowest BCUT2D eigenvalue weighted by atomic mass is 9.86. The van der Waals surface area contributed by atoms with E-state index in [1.54, 1.807) is 19.5 Å². The Morgan fingerprint density at radius 2 is 2.06 bits per heavy atom. The van der Waals surface area contributed by atoms with Crippen LogP contribution in [0.15, 0.2) is 53.7 Å². The molecule has 2 aromatic heterocycles. The number of nitrogens with zero attached hydrogens (tertiary/aromatic N) is 2. The van der Waals surface area contributed by atoms with Crippen LogP contribution in [0, 0.1) is 0 Å². The molecule has 4 rings (SSSR count). The van der Waals surface area contributed by atoms with Gasteiger partial charge in [-0.1, -0.05) is 6.07 Å². The van der Waals surface area contributed by atoms with Gasteiger partial charge >= 0.3 is 5.97 Å². The Morgan fingerprint density at radius 1 is 1.23 bits per heavy atom. The van der Waals surface area contributed by atoms with Gasteiger partial charge in [0, 0.05) is 73.9 Å². The summed E-state index contributed by atoms with van der Waals surface area (Å²) in [5.74, 6) is -0.560. The van der Waals surface area contributed by atoms with Gasteiger partial charge in [-0.15, -0.1) is 0 Å². The number of aromatic carboxylic acids is 1. The van der Waals surface area contributed by atoms with E-state index in [-0.39, 0.29) is 17.6 Å². The van der Waals surface area contributed by atoms with Gasteiger partial charge in [0.25, 0.3) is 0 Å². The van der Waals surface area contributed by atoms with Crippen LogP contribution < -0.4 is 10.2 Å². The maximum absolute atomic E-state index is 12.6. The van der Waals surface area contributed by atoms with Crippen LogP contribution in [0.1, 0.15) is 42.1 Å². The van der Waals surface area contributed by atoms with E-state index in [4.69, 9.17) is 14.2 Å².